The lowest BCUT2D eigenvalue weighted by atomic mass is 10.2. The molecule has 0 aliphatic carbocycles. The number of hydrogen-bond acceptors (Lipinski definition) is 4. The highest BCUT2D eigenvalue weighted by Crippen LogP contribution is 2.27. The number of carbonyl (C=O) groups is 3. The molecular formula is C18H15Cl4N3O4. The van der Waals surface area contributed by atoms with Gasteiger partial charge in [0, 0.05) is 22.9 Å². The van der Waals surface area contributed by atoms with Crippen molar-refractivity contribution < 1.29 is 19.1 Å². The van der Waals surface area contributed by atoms with Crippen molar-refractivity contribution in [3.05, 3.63) is 56.5 Å². The first-order valence-corrected chi connectivity index (χ1v) is 9.66. The summed E-state index contributed by atoms with van der Waals surface area (Å²) in [5, 5.41) is 3.97. The molecule has 0 aliphatic rings. The predicted octanol–water partition coefficient (Wildman–Crippen LogP) is 4.25. The van der Waals surface area contributed by atoms with E-state index in [1.165, 1.54) is 18.2 Å². The Bertz CT molecular complexity index is 924. The van der Waals surface area contributed by atoms with Crippen LogP contribution in [0.4, 0.5) is 5.69 Å². The van der Waals surface area contributed by atoms with E-state index in [1.807, 2.05) is 0 Å². The monoisotopic (exact) mass is 477 g/mol. The zero-order valence-corrected chi connectivity index (χ0v) is 17.8. The van der Waals surface area contributed by atoms with Crippen LogP contribution in [0.15, 0.2) is 36.4 Å². The summed E-state index contributed by atoms with van der Waals surface area (Å²) in [6.07, 6.45) is -0.265. The standard InChI is InChI=1S/C18H15Cl4N3O4/c19-10-1-3-14(12(21)7-10)23-16(26)5-6-17(27)24-25-18(28)9-29-15-4-2-11(20)8-13(15)22/h1-4,7-8H,5-6,9H2,(H,23,26)(H,24,27)(H,25,28). The summed E-state index contributed by atoms with van der Waals surface area (Å²) < 4.78 is 5.23. The number of rotatable bonds is 7. The van der Waals surface area contributed by atoms with Gasteiger partial charge in [-0.1, -0.05) is 46.4 Å². The Kier molecular flexibility index (Phi) is 8.85. The third kappa shape index (κ3) is 7.98. The minimum absolute atomic E-state index is 0.114. The largest absolute Gasteiger partial charge is 0.482 e. The van der Waals surface area contributed by atoms with E-state index < -0.39 is 17.7 Å². The van der Waals surface area contributed by atoms with Crippen molar-refractivity contribution in [2.24, 2.45) is 0 Å². The average molecular weight is 479 g/mol. The molecule has 0 fully saturated rings. The van der Waals surface area contributed by atoms with E-state index in [1.54, 1.807) is 18.2 Å². The molecule has 0 spiro atoms. The van der Waals surface area contributed by atoms with Crippen molar-refractivity contribution in [2.75, 3.05) is 11.9 Å². The Balaban J connectivity index is 1.68. The smallest absolute Gasteiger partial charge is 0.276 e. The van der Waals surface area contributed by atoms with E-state index in [0.717, 1.165) is 0 Å². The number of carbonyl (C=O) groups excluding carboxylic acids is 3. The first-order valence-electron chi connectivity index (χ1n) is 8.15. The van der Waals surface area contributed by atoms with Crippen LogP contribution in [0, 0.1) is 0 Å². The van der Waals surface area contributed by atoms with Crippen LogP contribution in [0.25, 0.3) is 0 Å². The summed E-state index contributed by atoms with van der Waals surface area (Å²) in [5.74, 6) is -1.31. The van der Waals surface area contributed by atoms with Gasteiger partial charge in [0.25, 0.3) is 5.91 Å². The number of nitrogens with one attached hydrogen (secondary N) is 3. The van der Waals surface area contributed by atoms with Gasteiger partial charge in [-0.25, -0.2) is 0 Å². The van der Waals surface area contributed by atoms with E-state index in [-0.39, 0.29) is 35.2 Å². The van der Waals surface area contributed by atoms with Gasteiger partial charge in [-0.2, -0.15) is 0 Å². The van der Waals surface area contributed by atoms with E-state index in [0.29, 0.717) is 15.7 Å². The summed E-state index contributed by atoms with van der Waals surface area (Å²) in [6, 6.07) is 9.16. The molecule has 3 amide bonds. The number of anilines is 1. The summed E-state index contributed by atoms with van der Waals surface area (Å²) in [6.45, 7) is -0.378. The Hall–Kier alpha value is -2.19. The van der Waals surface area contributed by atoms with Crippen LogP contribution in [0.1, 0.15) is 12.8 Å². The maximum absolute atomic E-state index is 11.9. The molecule has 0 radical (unpaired) electrons. The molecule has 2 rings (SSSR count). The Labute approximate surface area is 186 Å². The van der Waals surface area contributed by atoms with Crippen LogP contribution in [0.3, 0.4) is 0 Å². The fourth-order valence-corrected chi connectivity index (χ4v) is 2.92. The van der Waals surface area contributed by atoms with E-state index >= 15 is 0 Å². The van der Waals surface area contributed by atoms with Gasteiger partial charge in [-0.15, -0.1) is 0 Å². The molecule has 7 nitrogen and oxygen atoms in total. The van der Waals surface area contributed by atoms with Crippen molar-refractivity contribution in [1.82, 2.24) is 10.9 Å². The lowest BCUT2D eigenvalue weighted by Gasteiger charge is -2.10. The van der Waals surface area contributed by atoms with Crippen molar-refractivity contribution in [1.29, 1.82) is 0 Å². The molecular weight excluding hydrogens is 464 g/mol. The maximum atomic E-state index is 11.9. The van der Waals surface area contributed by atoms with Crippen LogP contribution in [0.2, 0.25) is 20.1 Å². The lowest BCUT2D eigenvalue weighted by Crippen LogP contribution is -2.44. The molecule has 0 aliphatic heterocycles. The molecule has 0 saturated carbocycles. The third-order valence-electron chi connectivity index (χ3n) is 3.38. The van der Waals surface area contributed by atoms with Crippen molar-refractivity contribution >= 4 is 69.8 Å². The predicted molar refractivity (Wildman–Crippen MR) is 113 cm³/mol. The summed E-state index contributed by atoms with van der Waals surface area (Å²) >= 11 is 23.4. The van der Waals surface area contributed by atoms with Crippen LogP contribution in [-0.2, 0) is 14.4 Å². The average Bonchev–Trinajstić information content (AvgIpc) is 2.66. The Morgan fingerprint density at radius 2 is 1.34 bits per heavy atom. The van der Waals surface area contributed by atoms with Crippen molar-refractivity contribution in [3.8, 4) is 5.75 Å². The normalized spacial score (nSPS) is 10.2. The number of halogens is 4. The van der Waals surface area contributed by atoms with Gasteiger partial charge in [0.05, 0.1) is 15.7 Å². The van der Waals surface area contributed by atoms with Gasteiger partial charge in [-0.3, -0.25) is 25.2 Å². The molecule has 2 aromatic carbocycles. The molecule has 154 valence electrons. The minimum Gasteiger partial charge on any atom is -0.482 e. The lowest BCUT2D eigenvalue weighted by molar-refractivity contribution is -0.130. The molecule has 0 saturated heterocycles. The number of hydrazine groups is 1. The fourth-order valence-electron chi connectivity index (χ4n) is 2.00. The van der Waals surface area contributed by atoms with E-state index in [4.69, 9.17) is 51.1 Å². The van der Waals surface area contributed by atoms with Gasteiger partial charge < -0.3 is 10.1 Å². The van der Waals surface area contributed by atoms with Crippen LogP contribution in [-0.4, -0.2) is 24.3 Å². The molecule has 11 heteroatoms. The Morgan fingerprint density at radius 1 is 0.759 bits per heavy atom. The summed E-state index contributed by atoms with van der Waals surface area (Å²) in [5.41, 5.74) is 4.74. The number of benzene rings is 2. The maximum Gasteiger partial charge on any atom is 0.276 e. The van der Waals surface area contributed by atoms with Crippen LogP contribution >= 0.6 is 46.4 Å². The molecule has 0 heterocycles. The molecule has 0 atom stereocenters. The molecule has 29 heavy (non-hydrogen) atoms. The third-order valence-corrected chi connectivity index (χ3v) is 4.46. The number of ether oxygens (including phenoxy) is 1. The summed E-state index contributed by atoms with van der Waals surface area (Å²) in [4.78, 5) is 35.4. The number of amides is 3. The van der Waals surface area contributed by atoms with Gasteiger partial charge >= 0.3 is 0 Å². The van der Waals surface area contributed by atoms with Crippen molar-refractivity contribution in [3.63, 3.8) is 0 Å². The first kappa shape index (κ1) is 23.1. The number of hydrogen-bond donors (Lipinski definition) is 3. The fraction of sp³-hybridized carbons (Fsp3) is 0.167. The van der Waals surface area contributed by atoms with E-state index in [9.17, 15) is 14.4 Å². The molecule has 2 aromatic rings. The molecule has 0 unspecified atom stereocenters. The zero-order chi connectivity index (χ0) is 21.4. The minimum atomic E-state index is -0.609. The topological polar surface area (TPSA) is 96.5 Å². The second-order valence-corrected chi connectivity index (χ2v) is 7.32. The summed E-state index contributed by atoms with van der Waals surface area (Å²) in [7, 11) is 0. The van der Waals surface area contributed by atoms with Crippen molar-refractivity contribution in [2.45, 2.75) is 12.8 Å². The van der Waals surface area contributed by atoms with Gasteiger partial charge in [0.2, 0.25) is 11.8 Å². The SMILES string of the molecule is O=C(CCC(=O)Nc1ccc(Cl)cc1Cl)NNC(=O)COc1ccc(Cl)cc1Cl. The van der Waals surface area contributed by atoms with Gasteiger partial charge in [-0.05, 0) is 36.4 Å². The highest BCUT2D eigenvalue weighted by atomic mass is 35.5. The van der Waals surface area contributed by atoms with Gasteiger partial charge in [0.1, 0.15) is 5.75 Å². The molecule has 0 aromatic heterocycles. The first-order chi connectivity index (χ1) is 13.7. The van der Waals surface area contributed by atoms with E-state index in [2.05, 4.69) is 16.2 Å². The van der Waals surface area contributed by atoms with Crippen LogP contribution in [0.5, 0.6) is 5.75 Å². The quantitative estimate of drug-likeness (QED) is 0.518. The second-order valence-electron chi connectivity index (χ2n) is 5.63. The highest BCUT2D eigenvalue weighted by Gasteiger charge is 2.11. The molecule has 0 bridgehead atoms. The van der Waals surface area contributed by atoms with Gasteiger partial charge in [0.15, 0.2) is 6.61 Å². The zero-order valence-electron chi connectivity index (χ0n) is 14.7. The van der Waals surface area contributed by atoms with Crippen LogP contribution < -0.4 is 20.9 Å². The highest BCUT2D eigenvalue weighted by molar-refractivity contribution is 6.37. The second kappa shape index (κ2) is 11.1. The Morgan fingerprint density at radius 3 is 2.00 bits per heavy atom. The molecule has 3 N–H and O–H groups in total.